The number of hydrogen-bond acceptors (Lipinski definition) is 5. The second-order valence-corrected chi connectivity index (χ2v) is 4.14. The molecule has 5 N–H and O–H groups in total. The first-order chi connectivity index (χ1) is 8.13. The van der Waals surface area contributed by atoms with E-state index in [9.17, 15) is 4.79 Å². The first-order valence-corrected chi connectivity index (χ1v) is 5.56. The van der Waals surface area contributed by atoms with E-state index in [2.05, 4.69) is 4.98 Å². The maximum atomic E-state index is 11.2. The first-order valence-electron chi connectivity index (χ1n) is 5.56. The van der Waals surface area contributed by atoms with Crippen molar-refractivity contribution in [3.05, 3.63) is 17.8 Å². The average Bonchev–Trinajstić information content (AvgIpc) is 3.10. The van der Waals surface area contributed by atoms with E-state index in [1.807, 2.05) is 4.90 Å². The molecule has 1 saturated carbocycles. The molecule has 0 saturated heterocycles. The Kier molecular flexibility index (Phi) is 3.14. The van der Waals surface area contributed by atoms with Gasteiger partial charge in [-0.1, -0.05) is 0 Å². The van der Waals surface area contributed by atoms with Gasteiger partial charge < -0.3 is 21.5 Å². The van der Waals surface area contributed by atoms with Gasteiger partial charge in [0.05, 0.1) is 24.1 Å². The zero-order valence-corrected chi connectivity index (χ0v) is 9.47. The molecule has 6 nitrogen and oxygen atoms in total. The van der Waals surface area contributed by atoms with Crippen molar-refractivity contribution in [2.24, 2.45) is 5.73 Å². The molecule has 0 aromatic carbocycles. The average molecular weight is 236 g/mol. The summed E-state index contributed by atoms with van der Waals surface area (Å²) in [4.78, 5) is 17.3. The van der Waals surface area contributed by atoms with E-state index in [1.165, 1.54) is 6.20 Å². The Morgan fingerprint density at radius 2 is 2.29 bits per heavy atom. The molecule has 1 amide bonds. The van der Waals surface area contributed by atoms with Crippen LogP contribution < -0.4 is 16.4 Å². The highest BCUT2D eigenvalue weighted by molar-refractivity contribution is 5.98. The van der Waals surface area contributed by atoms with Crippen LogP contribution in [0.5, 0.6) is 0 Å². The fourth-order valence-corrected chi connectivity index (χ4v) is 1.80. The summed E-state index contributed by atoms with van der Waals surface area (Å²) in [5.41, 5.74) is 11.4. The van der Waals surface area contributed by atoms with E-state index in [1.54, 1.807) is 6.07 Å². The maximum Gasteiger partial charge on any atom is 0.250 e. The van der Waals surface area contributed by atoms with Gasteiger partial charge in [-0.25, -0.2) is 4.98 Å². The molecule has 0 atom stereocenters. The summed E-state index contributed by atoms with van der Waals surface area (Å²) in [5, 5.41) is 9.02. The zero-order chi connectivity index (χ0) is 12.4. The van der Waals surface area contributed by atoms with Gasteiger partial charge in [-0.2, -0.15) is 0 Å². The quantitative estimate of drug-likeness (QED) is 0.652. The summed E-state index contributed by atoms with van der Waals surface area (Å²) in [6.45, 7) is 0.550. The Morgan fingerprint density at radius 3 is 2.82 bits per heavy atom. The van der Waals surface area contributed by atoms with Crippen molar-refractivity contribution in [1.29, 1.82) is 0 Å². The largest absolute Gasteiger partial charge is 0.397 e. The molecule has 1 aliphatic rings. The standard InChI is InChI=1S/C11H16N4O2/c12-9-6-14-10(5-8(9)11(13)17)15(3-4-16)7-1-2-7/h5-7,16H,1-4,12H2,(H2,13,17). The van der Waals surface area contributed by atoms with Crippen molar-refractivity contribution >= 4 is 17.4 Å². The van der Waals surface area contributed by atoms with E-state index >= 15 is 0 Å². The number of aromatic nitrogens is 1. The number of nitrogen functional groups attached to an aromatic ring is 1. The number of pyridine rings is 1. The number of rotatable bonds is 5. The fraction of sp³-hybridized carbons (Fsp3) is 0.455. The van der Waals surface area contributed by atoms with Crippen molar-refractivity contribution in [3.8, 4) is 0 Å². The van der Waals surface area contributed by atoms with Gasteiger partial charge in [-0.05, 0) is 18.9 Å². The molecule has 2 rings (SSSR count). The minimum atomic E-state index is -0.564. The number of aliphatic hydroxyl groups excluding tert-OH is 1. The number of hydrogen-bond donors (Lipinski definition) is 3. The summed E-state index contributed by atoms with van der Waals surface area (Å²) in [6, 6.07) is 1.99. The smallest absolute Gasteiger partial charge is 0.250 e. The molecule has 1 fully saturated rings. The third-order valence-corrected chi connectivity index (χ3v) is 2.81. The number of aliphatic hydroxyl groups is 1. The van der Waals surface area contributed by atoms with E-state index in [0.717, 1.165) is 12.8 Å². The lowest BCUT2D eigenvalue weighted by atomic mass is 10.2. The number of nitrogens with two attached hydrogens (primary N) is 2. The number of carbonyl (C=O) groups excluding carboxylic acids is 1. The molecule has 1 aliphatic carbocycles. The van der Waals surface area contributed by atoms with Crippen LogP contribution in [0.25, 0.3) is 0 Å². The van der Waals surface area contributed by atoms with Crippen molar-refractivity contribution in [1.82, 2.24) is 4.98 Å². The molecule has 0 spiro atoms. The molecule has 0 radical (unpaired) electrons. The number of amides is 1. The van der Waals surface area contributed by atoms with Gasteiger partial charge >= 0.3 is 0 Å². The molecule has 0 bridgehead atoms. The third-order valence-electron chi connectivity index (χ3n) is 2.81. The highest BCUT2D eigenvalue weighted by atomic mass is 16.3. The van der Waals surface area contributed by atoms with Crippen LogP contribution in [0, 0.1) is 0 Å². The van der Waals surface area contributed by atoms with Gasteiger partial charge in [0.2, 0.25) is 0 Å². The molecule has 1 heterocycles. The monoisotopic (exact) mass is 236 g/mol. The summed E-state index contributed by atoms with van der Waals surface area (Å²) in [6.07, 6.45) is 3.60. The number of primary amides is 1. The minimum absolute atomic E-state index is 0.0501. The normalized spacial score (nSPS) is 14.6. The molecule has 1 aromatic rings. The summed E-state index contributed by atoms with van der Waals surface area (Å²) in [7, 11) is 0. The van der Waals surface area contributed by atoms with Crippen LogP contribution in [0.3, 0.4) is 0 Å². The van der Waals surface area contributed by atoms with E-state index in [4.69, 9.17) is 16.6 Å². The highest BCUT2D eigenvalue weighted by Crippen LogP contribution is 2.31. The second-order valence-electron chi connectivity index (χ2n) is 4.14. The Bertz CT molecular complexity index is 431. The molecule has 6 heteroatoms. The fourth-order valence-electron chi connectivity index (χ4n) is 1.80. The van der Waals surface area contributed by atoms with Crippen LogP contribution >= 0.6 is 0 Å². The van der Waals surface area contributed by atoms with Gasteiger partial charge in [0.15, 0.2) is 0 Å². The van der Waals surface area contributed by atoms with Crippen LogP contribution in [0.1, 0.15) is 23.2 Å². The lowest BCUT2D eigenvalue weighted by molar-refractivity contribution is 0.100. The summed E-state index contributed by atoms with van der Waals surface area (Å²) in [5.74, 6) is 0.0791. The van der Waals surface area contributed by atoms with E-state index < -0.39 is 5.91 Å². The van der Waals surface area contributed by atoms with Crippen LogP contribution in [-0.4, -0.2) is 35.2 Å². The van der Waals surface area contributed by atoms with Crippen molar-refractivity contribution < 1.29 is 9.90 Å². The lowest BCUT2D eigenvalue weighted by Gasteiger charge is -2.22. The minimum Gasteiger partial charge on any atom is -0.397 e. The van der Waals surface area contributed by atoms with E-state index in [-0.39, 0.29) is 17.9 Å². The van der Waals surface area contributed by atoms with Crippen LogP contribution in [0.4, 0.5) is 11.5 Å². The number of carbonyl (C=O) groups is 1. The Hall–Kier alpha value is -1.82. The molecule has 17 heavy (non-hydrogen) atoms. The molecule has 0 aliphatic heterocycles. The topological polar surface area (TPSA) is 105 Å². The Balaban J connectivity index is 2.30. The van der Waals surface area contributed by atoms with Gasteiger partial charge in [-0.15, -0.1) is 0 Å². The molecular weight excluding hydrogens is 220 g/mol. The zero-order valence-electron chi connectivity index (χ0n) is 9.47. The van der Waals surface area contributed by atoms with Crippen molar-refractivity contribution in [3.63, 3.8) is 0 Å². The van der Waals surface area contributed by atoms with Crippen LogP contribution in [-0.2, 0) is 0 Å². The molecule has 92 valence electrons. The van der Waals surface area contributed by atoms with Crippen LogP contribution in [0.2, 0.25) is 0 Å². The van der Waals surface area contributed by atoms with E-state index in [0.29, 0.717) is 18.4 Å². The summed E-state index contributed by atoms with van der Waals surface area (Å²) >= 11 is 0. The van der Waals surface area contributed by atoms with Crippen molar-refractivity contribution in [2.75, 3.05) is 23.8 Å². The number of anilines is 2. The SMILES string of the molecule is NC(=O)c1cc(N(CCO)C2CC2)ncc1N. The highest BCUT2D eigenvalue weighted by Gasteiger charge is 2.30. The van der Waals surface area contributed by atoms with Gasteiger partial charge in [-0.3, -0.25) is 4.79 Å². The van der Waals surface area contributed by atoms with Gasteiger partial charge in [0.1, 0.15) is 5.82 Å². The Labute approximate surface area is 99.2 Å². The number of nitrogens with zero attached hydrogens (tertiary/aromatic N) is 2. The predicted molar refractivity (Wildman–Crippen MR) is 64.6 cm³/mol. The maximum absolute atomic E-state index is 11.2. The predicted octanol–water partition coefficient (Wildman–Crippen LogP) is -0.276. The third kappa shape index (κ3) is 2.47. The van der Waals surface area contributed by atoms with Gasteiger partial charge in [0.25, 0.3) is 5.91 Å². The van der Waals surface area contributed by atoms with Gasteiger partial charge in [0, 0.05) is 12.6 Å². The Morgan fingerprint density at radius 1 is 1.59 bits per heavy atom. The lowest BCUT2D eigenvalue weighted by Crippen LogP contribution is -2.30. The first kappa shape index (κ1) is 11.7. The molecular formula is C11H16N4O2. The second kappa shape index (κ2) is 4.58. The molecule has 0 unspecified atom stereocenters. The summed E-state index contributed by atoms with van der Waals surface area (Å²) < 4.78 is 0. The van der Waals surface area contributed by atoms with Crippen molar-refractivity contribution in [2.45, 2.75) is 18.9 Å². The van der Waals surface area contributed by atoms with Crippen LogP contribution in [0.15, 0.2) is 12.3 Å². The molecule has 1 aromatic heterocycles.